The Kier molecular flexibility index (Phi) is 7.08. The highest BCUT2D eigenvalue weighted by molar-refractivity contribution is 5.89. The van der Waals surface area contributed by atoms with Crippen LogP contribution < -0.4 is 11.1 Å². The fourth-order valence-corrected chi connectivity index (χ4v) is 1.93. The van der Waals surface area contributed by atoms with E-state index >= 15 is 0 Å². The van der Waals surface area contributed by atoms with E-state index in [0.29, 0.717) is 12.3 Å². The van der Waals surface area contributed by atoms with E-state index in [1.807, 2.05) is 13.8 Å². The zero-order chi connectivity index (χ0) is 14.4. The van der Waals surface area contributed by atoms with Crippen LogP contribution in [0.25, 0.3) is 0 Å². The third-order valence-corrected chi connectivity index (χ3v) is 3.42. The van der Waals surface area contributed by atoms with E-state index in [4.69, 9.17) is 5.73 Å². The second-order valence-corrected chi connectivity index (χ2v) is 6.83. The molecule has 0 rings (SSSR count). The molecule has 108 valence electrons. The van der Waals surface area contributed by atoms with Crippen molar-refractivity contribution in [3.63, 3.8) is 0 Å². The number of ketones is 1. The maximum absolute atomic E-state index is 12.6. The Labute approximate surface area is 113 Å². The molecule has 3 N–H and O–H groups in total. The number of hydrogen-bond donors (Lipinski definition) is 2. The molecule has 0 saturated heterocycles. The van der Waals surface area contributed by atoms with Crippen molar-refractivity contribution < 1.29 is 4.79 Å². The van der Waals surface area contributed by atoms with E-state index in [0.717, 1.165) is 25.7 Å². The molecule has 0 aliphatic heterocycles. The van der Waals surface area contributed by atoms with E-state index in [-0.39, 0.29) is 17.0 Å². The first kappa shape index (κ1) is 17.6. The quantitative estimate of drug-likeness (QED) is 0.657. The lowest BCUT2D eigenvalue weighted by molar-refractivity contribution is -0.130. The largest absolute Gasteiger partial charge is 0.330 e. The van der Waals surface area contributed by atoms with Gasteiger partial charge in [0.25, 0.3) is 0 Å². The van der Waals surface area contributed by atoms with Crippen molar-refractivity contribution >= 4 is 5.78 Å². The second-order valence-electron chi connectivity index (χ2n) is 6.83. The maximum Gasteiger partial charge on any atom is 0.155 e. The van der Waals surface area contributed by atoms with Crippen molar-refractivity contribution in [2.45, 2.75) is 78.8 Å². The molecular weight excluding hydrogens is 224 g/mol. The van der Waals surface area contributed by atoms with Crippen molar-refractivity contribution in [2.24, 2.45) is 11.1 Å². The number of rotatable bonds is 8. The van der Waals surface area contributed by atoms with Gasteiger partial charge in [-0.25, -0.2) is 0 Å². The van der Waals surface area contributed by atoms with Gasteiger partial charge in [0.15, 0.2) is 5.78 Å². The summed E-state index contributed by atoms with van der Waals surface area (Å²) in [5.41, 5.74) is 5.25. The molecular formula is C15H32N2O. The lowest BCUT2D eigenvalue weighted by Gasteiger charge is -2.33. The second kappa shape index (κ2) is 7.25. The summed E-state index contributed by atoms with van der Waals surface area (Å²) in [5, 5.41) is 3.46. The van der Waals surface area contributed by atoms with Gasteiger partial charge in [-0.3, -0.25) is 4.79 Å². The van der Waals surface area contributed by atoms with Gasteiger partial charge in [0.05, 0.1) is 6.04 Å². The average Bonchev–Trinajstić information content (AvgIpc) is 2.25. The number of unbranched alkanes of at least 4 members (excludes halogenated alkanes) is 1. The Bertz CT molecular complexity index is 254. The molecule has 0 fully saturated rings. The molecule has 0 bridgehead atoms. The van der Waals surface area contributed by atoms with Crippen LogP contribution in [0.1, 0.15) is 67.2 Å². The van der Waals surface area contributed by atoms with Gasteiger partial charge < -0.3 is 11.1 Å². The summed E-state index contributed by atoms with van der Waals surface area (Å²) in [4.78, 5) is 12.6. The molecule has 0 radical (unpaired) electrons. The monoisotopic (exact) mass is 256 g/mol. The molecule has 0 aliphatic carbocycles. The fraction of sp³-hybridized carbons (Fsp3) is 0.933. The Morgan fingerprint density at radius 1 is 1.17 bits per heavy atom. The Hall–Kier alpha value is -0.410. The number of nitrogens with two attached hydrogens (primary N) is 1. The SMILES string of the molecule is CCC(C)(C)C(=O)C(CCCCN)NC(C)(C)C. The molecule has 0 aliphatic rings. The lowest BCUT2D eigenvalue weighted by Crippen LogP contribution is -2.51. The molecule has 1 unspecified atom stereocenters. The predicted octanol–water partition coefficient (Wildman–Crippen LogP) is 2.88. The summed E-state index contributed by atoms with van der Waals surface area (Å²) in [7, 11) is 0. The van der Waals surface area contributed by atoms with Crippen LogP contribution in [0.5, 0.6) is 0 Å². The van der Waals surface area contributed by atoms with Gasteiger partial charge in [0, 0.05) is 11.0 Å². The molecule has 0 aromatic carbocycles. The fourth-order valence-electron chi connectivity index (χ4n) is 1.93. The summed E-state index contributed by atoms with van der Waals surface area (Å²) < 4.78 is 0. The number of Topliss-reactive ketones (excluding diaryl/α,β-unsaturated/α-hetero) is 1. The summed E-state index contributed by atoms with van der Waals surface area (Å²) in [6, 6.07) is -0.0495. The summed E-state index contributed by atoms with van der Waals surface area (Å²) in [6.07, 6.45) is 3.76. The molecule has 1 atom stereocenters. The predicted molar refractivity (Wildman–Crippen MR) is 78.7 cm³/mol. The van der Waals surface area contributed by atoms with E-state index in [9.17, 15) is 4.79 Å². The van der Waals surface area contributed by atoms with Gasteiger partial charge >= 0.3 is 0 Å². The van der Waals surface area contributed by atoms with Crippen LogP contribution >= 0.6 is 0 Å². The van der Waals surface area contributed by atoms with Crippen LogP contribution in [0, 0.1) is 5.41 Å². The molecule has 0 saturated carbocycles. The Morgan fingerprint density at radius 3 is 2.11 bits per heavy atom. The first-order valence-electron chi connectivity index (χ1n) is 7.16. The van der Waals surface area contributed by atoms with Crippen LogP contribution in [0.2, 0.25) is 0 Å². The summed E-state index contributed by atoms with van der Waals surface area (Å²) in [5.74, 6) is 0.331. The molecule has 0 aromatic heterocycles. The normalized spacial score (nSPS) is 14.6. The highest BCUT2D eigenvalue weighted by atomic mass is 16.1. The van der Waals surface area contributed by atoms with Crippen molar-refractivity contribution in [2.75, 3.05) is 6.54 Å². The molecule has 0 heterocycles. The Balaban J connectivity index is 4.69. The third-order valence-electron chi connectivity index (χ3n) is 3.42. The molecule has 0 spiro atoms. The van der Waals surface area contributed by atoms with Crippen LogP contribution in [0.3, 0.4) is 0 Å². The van der Waals surface area contributed by atoms with Crippen molar-refractivity contribution in [3.05, 3.63) is 0 Å². The third kappa shape index (κ3) is 6.50. The smallest absolute Gasteiger partial charge is 0.155 e. The average molecular weight is 256 g/mol. The maximum atomic E-state index is 12.6. The van der Waals surface area contributed by atoms with Crippen LogP contribution in [-0.4, -0.2) is 23.9 Å². The standard InChI is InChI=1S/C15H32N2O/c1-7-15(5,6)13(18)12(10-8-9-11-16)17-14(2,3)4/h12,17H,7-11,16H2,1-6H3. The van der Waals surface area contributed by atoms with E-state index in [1.165, 1.54) is 0 Å². The van der Waals surface area contributed by atoms with E-state index in [2.05, 4.69) is 33.0 Å². The zero-order valence-electron chi connectivity index (χ0n) is 13.1. The van der Waals surface area contributed by atoms with Gasteiger partial charge in [-0.2, -0.15) is 0 Å². The topological polar surface area (TPSA) is 55.1 Å². The van der Waals surface area contributed by atoms with E-state index in [1.54, 1.807) is 0 Å². The number of carbonyl (C=O) groups excluding carboxylic acids is 1. The zero-order valence-corrected chi connectivity index (χ0v) is 13.1. The Morgan fingerprint density at radius 2 is 1.72 bits per heavy atom. The molecule has 0 aromatic rings. The van der Waals surface area contributed by atoms with Gasteiger partial charge in [-0.05, 0) is 46.6 Å². The van der Waals surface area contributed by atoms with Crippen molar-refractivity contribution in [1.82, 2.24) is 5.32 Å². The lowest BCUT2D eigenvalue weighted by atomic mass is 9.80. The van der Waals surface area contributed by atoms with Crippen LogP contribution in [0.4, 0.5) is 0 Å². The minimum atomic E-state index is -0.244. The van der Waals surface area contributed by atoms with E-state index < -0.39 is 0 Å². The van der Waals surface area contributed by atoms with Crippen molar-refractivity contribution in [1.29, 1.82) is 0 Å². The first-order valence-corrected chi connectivity index (χ1v) is 7.16. The van der Waals surface area contributed by atoms with Gasteiger partial charge in [0.1, 0.15) is 0 Å². The number of carbonyl (C=O) groups is 1. The molecule has 3 nitrogen and oxygen atoms in total. The first-order chi connectivity index (χ1) is 8.14. The highest BCUT2D eigenvalue weighted by Gasteiger charge is 2.33. The van der Waals surface area contributed by atoms with Gasteiger partial charge in [-0.1, -0.05) is 27.2 Å². The van der Waals surface area contributed by atoms with Gasteiger partial charge in [0.2, 0.25) is 0 Å². The minimum Gasteiger partial charge on any atom is -0.330 e. The number of hydrogen-bond acceptors (Lipinski definition) is 3. The summed E-state index contributed by atoms with van der Waals surface area (Å²) in [6.45, 7) is 13.2. The van der Waals surface area contributed by atoms with Crippen LogP contribution in [0.15, 0.2) is 0 Å². The van der Waals surface area contributed by atoms with Gasteiger partial charge in [-0.15, -0.1) is 0 Å². The molecule has 0 amide bonds. The minimum absolute atomic E-state index is 0.0349. The highest BCUT2D eigenvalue weighted by Crippen LogP contribution is 2.25. The molecule has 3 heteroatoms. The summed E-state index contributed by atoms with van der Waals surface area (Å²) >= 11 is 0. The van der Waals surface area contributed by atoms with Crippen LogP contribution in [-0.2, 0) is 4.79 Å². The molecule has 18 heavy (non-hydrogen) atoms. The number of nitrogens with one attached hydrogen (secondary N) is 1. The van der Waals surface area contributed by atoms with Crippen molar-refractivity contribution in [3.8, 4) is 0 Å².